The van der Waals surface area contributed by atoms with Gasteiger partial charge in [0.1, 0.15) is 17.7 Å². The minimum Gasteiger partial charge on any atom is -0.386 e. The van der Waals surface area contributed by atoms with Gasteiger partial charge >= 0.3 is 0 Å². The van der Waals surface area contributed by atoms with Gasteiger partial charge in [-0.2, -0.15) is 5.10 Å². The Balaban J connectivity index is 1.73. The molecule has 124 valence electrons. The number of hydrogen-bond acceptors (Lipinski definition) is 4. The average Bonchev–Trinajstić information content (AvgIpc) is 2.93. The van der Waals surface area contributed by atoms with Gasteiger partial charge in [-0.1, -0.05) is 6.07 Å². The maximum atomic E-state index is 13.6. The lowest BCUT2D eigenvalue weighted by atomic mass is 10.1. The number of halogens is 2. The van der Waals surface area contributed by atoms with Crippen molar-refractivity contribution in [3.05, 3.63) is 58.9 Å². The van der Waals surface area contributed by atoms with E-state index in [1.54, 1.807) is 13.0 Å². The van der Waals surface area contributed by atoms with E-state index in [9.17, 15) is 18.7 Å². The van der Waals surface area contributed by atoms with Crippen molar-refractivity contribution in [2.75, 3.05) is 6.54 Å². The fourth-order valence-corrected chi connectivity index (χ4v) is 2.37. The Kier molecular flexibility index (Phi) is 4.22. The number of aromatic amines is 1. The van der Waals surface area contributed by atoms with Crippen LogP contribution >= 0.6 is 0 Å². The Morgan fingerprint density at radius 3 is 2.79 bits per heavy atom. The first-order chi connectivity index (χ1) is 11.5. The van der Waals surface area contributed by atoms with Crippen LogP contribution in [0.4, 0.5) is 8.78 Å². The van der Waals surface area contributed by atoms with Crippen LogP contribution in [0.5, 0.6) is 0 Å². The van der Waals surface area contributed by atoms with Crippen molar-refractivity contribution in [1.29, 1.82) is 0 Å². The second-order valence-electron chi connectivity index (χ2n) is 5.30. The summed E-state index contributed by atoms with van der Waals surface area (Å²) in [6, 6.07) is 4.89. The number of hydrogen-bond donors (Lipinski definition) is 3. The second-order valence-corrected chi connectivity index (χ2v) is 5.30. The van der Waals surface area contributed by atoms with Gasteiger partial charge in [0.05, 0.1) is 11.1 Å². The lowest BCUT2D eigenvalue weighted by molar-refractivity contribution is 0.0911. The number of H-pyrrole nitrogens is 1. The maximum Gasteiger partial charge on any atom is 0.252 e. The summed E-state index contributed by atoms with van der Waals surface area (Å²) in [5.74, 6) is -2.25. The van der Waals surface area contributed by atoms with Gasteiger partial charge in [0, 0.05) is 23.8 Å². The molecule has 24 heavy (non-hydrogen) atoms. The molecule has 3 aromatic rings. The van der Waals surface area contributed by atoms with Crippen LogP contribution in [0.15, 0.2) is 30.5 Å². The standard InChI is InChI=1S/C16H14F2N4O2/c1-8-10-5-9(6-19-15(10)22-21-8)16(24)20-7-13(23)14-11(17)3-2-4-12(14)18/h2-6,13,23H,7H2,1H3,(H,20,24)(H,19,21,22). The fourth-order valence-electron chi connectivity index (χ4n) is 2.37. The van der Waals surface area contributed by atoms with Crippen molar-refractivity contribution in [2.24, 2.45) is 0 Å². The molecule has 0 aliphatic heterocycles. The number of aromatic nitrogens is 3. The van der Waals surface area contributed by atoms with E-state index in [0.29, 0.717) is 11.0 Å². The highest BCUT2D eigenvalue weighted by molar-refractivity contribution is 5.97. The van der Waals surface area contributed by atoms with Gasteiger partial charge < -0.3 is 10.4 Å². The van der Waals surface area contributed by atoms with E-state index in [1.165, 1.54) is 12.3 Å². The largest absolute Gasteiger partial charge is 0.386 e. The van der Waals surface area contributed by atoms with Crippen LogP contribution in [0.3, 0.4) is 0 Å². The van der Waals surface area contributed by atoms with Gasteiger partial charge in [-0.25, -0.2) is 13.8 Å². The third kappa shape index (κ3) is 2.95. The van der Waals surface area contributed by atoms with E-state index >= 15 is 0 Å². The molecule has 3 rings (SSSR count). The third-order valence-electron chi connectivity index (χ3n) is 3.65. The molecule has 1 atom stereocenters. The summed E-state index contributed by atoms with van der Waals surface area (Å²) >= 11 is 0. The van der Waals surface area contributed by atoms with Gasteiger partial charge in [0.25, 0.3) is 5.91 Å². The Morgan fingerprint density at radius 2 is 2.08 bits per heavy atom. The number of aliphatic hydroxyl groups excluding tert-OH is 1. The lowest BCUT2D eigenvalue weighted by Crippen LogP contribution is -2.29. The molecule has 3 N–H and O–H groups in total. The summed E-state index contributed by atoms with van der Waals surface area (Å²) in [7, 11) is 0. The van der Waals surface area contributed by atoms with E-state index in [-0.39, 0.29) is 12.1 Å². The molecule has 2 heterocycles. The maximum absolute atomic E-state index is 13.6. The van der Waals surface area contributed by atoms with Gasteiger partial charge in [-0.05, 0) is 25.1 Å². The number of amides is 1. The predicted molar refractivity (Wildman–Crippen MR) is 82.3 cm³/mol. The normalized spacial score (nSPS) is 12.3. The Hall–Kier alpha value is -2.87. The van der Waals surface area contributed by atoms with Crippen molar-refractivity contribution >= 4 is 16.9 Å². The monoisotopic (exact) mass is 332 g/mol. The molecule has 0 bridgehead atoms. The van der Waals surface area contributed by atoms with E-state index in [0.717, 1.165) is 17.8 Å². The number of nitrogens with one attached hydrogen (secondary N) is 2. The van der Waals surface area contributed by atoms with Crippen molar-refractivity contribution in [3.8, 4) is 0 Å². The van der Waals surface area contributed by atoms with Crippen molar-refractivity contribution in [1.82, 2.24) is 20.5 Å². The average molecular weight is 332 g/mol. The zero-order valence-electron chi connectivity index (χ0n) is 12.7. The molecule has 0 fully saturated rings. The molecular formula is C16H14F2N4O2. The van der Waals surface area contributed by atoms with Crippen LogP contribution in [-0.2, 0) is 0 Å². The van der Waals surface area contributed by atoms with Crippen LogP contribution in [0, 0.1) is 18.6 Å². The predicted octanol–water partition coefficient (Wildman–Crippen LogP) is 2.01. The van der Waals surface area contributed by atoms with Crippen molar-refractivity contribution in [2.45, 2.75) is 13.0 Å². The molecule has 0 radical (unpaired) electrons. The molecule has 0 aliphatic rings. The molecule has 1 aromatic carbocycles. The van der Waals surface area contributed by atoms with Crippen LogP contribution in [0.25, 0.3) is 11.0 Å². The van der Waals surface area contributed by atoms with Gasteiger partial charge in [-0.15, -0.1) is 0 Å². The zero-order chi connectivity index (χ0) is 17.3. The summed E-state index contributed by atoms with van der Waals surface area (Å²) in [4.78, 5) is 16.2. The second kappa shape index (κ2) is 6.32. The number of aliphatic hydroxyl groups is 1. The minimum absolute atomic E-state index is 0.258. The van der Waals surface area contributed by atoms with Crippen LogP contribution in [-0.4, -0.2) is 32.7 Å². The molecule has 0 saturated heterocycles. The quantitative estimate of drug-likeness (QED) is 0.681. The Labute approximate surface area is 135 Å². The van der Waals surface area contributed by atoms with E-state index in [2.05, 4.69) is 20.5 Å². The lowest BCUT2D eigenvalue weighted by Gasteiger charge is -2.13. The minimum atomic E-state index is -1.50. The molecule has 2 aromatic heterocycles. The molecule has 0 spiro atoms. The van der Waals surface area contributed by atoms with Crippen LogP contribution < -0.4 is 5.32 Å². The summed E-state index contributed by atoms with van der Waals surface area (Å²) in [5, 5.41) is 19.8. The third-order valence-corrected chi connectivity index (χ3v) is 3.65. The van der Waals surface area contributed by atoms with Crippen LogP contribution in [0.2, 0.25) is 0 Å². The molecule has 0 saturated carbocycles. The molecule has 1 amide bonds. The number of carbonyl (C=O) groups excluding carboxylic acids is 1. The van der Waals surface area contributed by atoms with Crippen LogP contribution in [0.1, 0.15) is 27.7 Å². The topological polar surface area (TPSA) is 90.9 Å². The summed E-state index contributed by atoms with van der Waals surface area (Å²) in [6.07, 6.45) is -0.156. The number of aryl methyl sites for hydroxylation is 1. The molecule has 1 unspecified atom stereocenters. The number of benzene rings is 1. The van der Waals surface area contributed by atoms with Gasteiger partial charge in [0.2, 0.25) is 0 Å². The number of pyridine rings is 1. The fraction of sp³-hybridized carbons (Fsp3) is 0.188. The first-order valence-electron chi connectivity index (χ1n) is 7.18. The van der Waals surface area contributed by atoms with Crippen molar-refractivity contribution in [3.63, 3.8) is 0 Å². The number of nitrogens with zero attached hydrogens (tertiary/aromatic N) is 2. The Morgan fingerprint density at radius 1 is 1.38 bits per heavy atom. The first kappa shape index (κ1) is 16.0. The highest BCUT2D eigenvalue weighted by Gasteiger charge is 2.19. The summed E-state index contributed by atoms with van der Waals surface area (Å²) in [5.41, 5.74) is 1.03. The zero-order valence-corrected chi connectivity index (χ0v) is 12.7. The highest BCUT2D eigenvalue weighted by atomic mass is 19.1. The summed E-state index contributed by atoms with van der Waals surface area (Å²) < 4.78 is 27.2. The van der Waals surface area contributed by atoms with Gasteiger partial charge in [0.15, 0.2) is 5.65 Å². The smallest absolute Gasteiger partial charge is 0.252 e. The Bertz CT molecular complexity index is 890. The number of fused-ring (bicyclic) bond motifs is 1. The molecule has 8 heteroatoms. The van der Waals surface area contributed by atoms with Crippen molar-refractivity contribution < 1.29 is 18.7 Å². The highest BCUT2D eigenvalue weighted by Crippen LogP contribution is 2.20. The molecule has 6 nitrogen and oxygen atoms in total. The number of rotatable bonds is 4. The first-order valence-corrected chi connectivity index (χ1v) is 7.18. The molecular weight excluding hydrogens is 318 g/mol. The van der Waals surface area contributed by atoms with Gasteiger partial charge in [-0.3, -0.25) is 9.89 Å². The van der Waals surface area contributed by atoms with E-state index in [4.69, 9.17) is 0 Å². The molecule has 0 aliphatic carbocycles. The SMILES string of the molecule is Cc1[nH]nc2ncc(C(=O)NCC(O)c3c(F)cccc3F)cc12. The number of carbonyl (C=O) groups is 1. The van der Waals surface area contributed by atoms with E-state index < -0.39 is 29.2 Å². The summed E-state index contributed by atoms with van der Waals surface area (Å²) in [6.45, 7) is 1.46. The van der Waals surface area contributed by atoms with E-state index in [1.807, 2.05) is 0 Å².